The highest BCUT2D eigenvalue weighted by molar-refractivity contribution is 7.15. The van der Waals surface area contributed by atoms with Gasteiger partial charge in [0.15, 0.2) is 10.0 Å². The van der Waals surface area contributed by atoms with Gasteiger partial charge in [0.25, 0.3) is 11.5 Å². The highest BCUT2D eigenvalue weighted by Gasteiger charge is 2.27. The molecule has 1 aliphatic rings. The molecule has 6 nitrogen and oxygen atoms in total. The lowest BCUT2D eigenvalue weighted by molar-refractivity contribution is -0.671. The molecule has 0 spiro atoms. The summed E-state index contributed by atoms with van der Waals surface area (Å²) in [6, 6.07) is 9.21. The van der Waals surface area contributed by atoms with Gasteiger partial charge in [-0.05, 0) is 57.0 Å². The van der Waals surface area contributed by atoms with Crippen molar-refractivity contribution >= 4 is 28.6 Å². The second kappa shape index (κ2) is 9.13. The molecule has 0 radical (unpaired) electrons. The molecule has 3 heterocycles. The minimum Gasteiger partial charge on any atom is -0.494 e. The fourth-order valence-corrected chi connectivity index (χ4v) is 4.93. The van der Waals surface area contributed by atoms with Crippen LogP contribution >= 0.6 is 22.9 Å². The Morgan fingerprint density at radius 1 is 1.35 bits per heavy atom. The van der Waals surface area contributed by atoms with Gasteiger partial charge in [0.05, 0.1) is 17.7 Å². The van der Waals surface area contributed by atoms with Crippen LogP contribution in [0.3, 0.4) is 0 Å². The largest absolute Gasteiger partial charge is 0.494 e. The van der Waals surface area contributed by atoms with Crippen molar-refractivity contribution in [2.75, 3.05) is 6.61 Å². The number of benzene rings is 1. The molecule has 172 valence electrons. The number of hydrogen-bond donors (Lipinski definition) is 1. The van der Waals surface area contributed by atoms with Crippen molar-refractivity contribution in [1.82, 2.24) is 9.38 Å². The monoisotopic (exact) mass is 492 g/mol. The quantitative estimate of drug-likeness (QED) is 0.327. The van der Waals surface area contributed by atoms with Gasteiger partial charge in [0.1, 0.15) is 12.3 Å². The van der Waals surface area contributed by atoms with Crippen LogP contribution in [0.25, 0.3) is 16.8 Å². The maximum Gasteiger partial charge on any atom is 0.354 e. The lowest BCUT2D eigenvalue weighted by Gasteiger charge is -2.12. The zero-order chi connectivity index (χ0) is 23.8. The molecule has 0 bridgehead atoms. The average Bonchev–Trinajstić information content (AvgIpc) is 3.55. The Balaban J connectivity index is 1.75. The Hall–Kier alpha value is -3.34. The predicted molar refractivity (Wildman–Crippen MR) is 133 cm³/mol. The average molecular weight is 493 g/mol. The third kappa shape index (κ3) is 4.39. The number of rotatable bonds is 5. The van der Waals surface area contributed by atoms with E-state index in [4.69, 9.17) is 16.3 Å². The molecule has 1 N–H and O–H groups in total. The van der Waals surface area contributed by atoms with Crippen LogP contribution < -0.4 is 14.9 Å². The van der Waals surface area contributed by atoms with Crippen molar-refractivity contribution in [3.8, 4) is 34.6 Å². The summed E-state index contributed by atoms with van der Waals surface area (Å²) >= 11 is 7.38. The third-order valence-corrected chi connectivity index (χ3v) is 6.77. The van der Waals surface area contributed by atoms with E-state index >= 15 is 0 Å². The number of aryl methyl sites for hydroxylation is 1. The molecular formula is C26H23ClN3O3S+. The van der Waals surface area contributed by atoms with E-state index in [2.05, 4.69) is 16.8 Å². The van der Waals surface area contributed by atoms with Gasteiger partial charge in [0, 0.05) is 28.8 Å². The molecule has 34 heavy (non-hydrogen) atoms. The Bertz CT molecular complexity index is 1530. The summed E-state index contributed by atoms with van der Waals surface area (Å²) in [6.07, 6.45) is 5.64. The van der Waals surface area contributed by atoms with Gasteiger partial charge in [-0.2, -0.15) is 8.97 Å². The first kappa shape index (κ1) is 22.5. The molecule has 0 aliphatic heterocycles. The Morgan fingerprint density at radius 2 is 2.18 bits per heavy atom. The van der Waals surface area contributed by atoms with E-state index in [-0.39, 0.29) is 17.0 Å². The Labute approximate surface area is 206 Å². The second-order valence-corrected chi connectivity index (χ2v) is 9.97. The molecular weight excluding hydrogens is 470 g/mol. The minimum atomic E-state index is -0.315. The zero-order valence-electron chi connectivity index (χ0n) is 18.8. The number of aromatic hydroxyl groups is 1. The molecule has 0 saturated heterocycles. The highest BCUT2D eigenvalue weighted by atomic mass is 35.5. The highest BCUT2D eigenvalue weighted by Crippen LogP contribution is 2.31. The summed E-state index contributed by atoms with van der Waals surface area (Å²) in [6.45, 7) is 4.61. The first-order valence-electron chi connectivity index (χ1n) is 11.1. The predicted octanol–water partition coefficient (Wildman–Crippen LogP) is 4.59. The van der Waals surface area contributed by atoms with E-state index in [0.29, 0.717) is 40.5 Å². The van der Waals surface area contributed by atoms with Gasteiger partial charge < -0.3 is 9.84 Å². The number of thiazole rings is 1. The number of pyridine rings is 1. The number of halogens is 1. The summed E-state index contributed by atoms with van der Waals surface area (Å²) in [5.74, 6) is 7.39. The van der Waals surface area contributed by atoms with Gasteiger partial charge in [-0.15, -0.1) is 11.3 Å². The molecule has 8 heteroatoms. The minimum absolute atomic E-state index is 0.126. The molecule has 4 aromatic rings. The standard InChI is InChI=1S/C26H22ClN3O3S/c1-3-33-20-12-18(9-8-17-6-7-17)11-19(13-20)22-24(31)29-10-4-5-16(2)23(29)30(25(22)32)15-21-14-28-26(27)34-21/h4-5,10-14,17H,3,6-7,15H2,1-2H3/p+1. The van der Waals surface area contributed by atoms with Gasteiger partial charge in [-0.25, -0.2) is 9.78 Å². The van der Waals surface area contributed by atoms with Crippen LogP contribution in [0.5, 0.6) is 11.6 Å². The summed E-state index contributed by atoms with van der Waals surface area (Å²) in [5.41, 5.74) is 2.64. The molecule has 0 atom stereocenters. The SMILES string of the molecule is CCOc1cc(C#CC2CC2)cc(-c2c(O)[n+](Cc3cnc(Cl)s3)c3c(C)cccn3c2=O)c1. The number of nitrogens with zero attached hydrogens (tertiary/aromatic N) is 3. The summed E-state index contributed by atoms with van der Waals surface area (Å²) in [5, 5.41) is 11.5. The normalized spacial score (nSPS) is 13.0. The topological polar surface area (TPSA) is 67.7 Å². The maximum atomic E-state index is 13.6. The fourth-order valence-electron chi connectivity index (χ4n) is 3.96. The van der Waals surface area contributed by atoms with Crippen molar-refractivity contribution in [2.45, 2.75) is 33.2 Å². The van der Waals surface area contributed by atoms with Gasteiger partial charge >= 0.3 is 5.56 Å². The molecule has 0 amide bonds. The Morgan fingerprint density at radius 3 is 2.88 bits per heavy atom. The van der Waals surface area contributed by atoms with E-state index in [9.17, 15) is 9.90 Å². The van der Waals surface area contributed by atoms with E-state index in [0.717, 1.165) is 28.8 Å². The van der Waals surface area contributed by atoms with Gasteiger partial charge in [-0.1, -0.05) is 23.4 Å². The van der Waals surface area contributed by atoms with Gasteiger partial charge in [-0.3, -0.25) is 0 Å². The van der Waals surface area contributed by atoms with E-state index in [1.54, 1.807) is 27.4 Å². The van der Waals surface area contributed by atoms with Crippen LogP contribution in [0.1, 0.15) is 35.8 Å². The smallest absolute Gasteiger partial charge is 0.354 e. The van der Waals surface area contributed by atoms with E-state index < -0.39 is 0 Å². The molecule has 1 saturated carbocycles. The maximum absolute atomic E-state index is 13.6. The van der Waals surface area contributed by atoms with Crippen molar-refractivity contribution in [2.24, 2.45) is 5.92 Å². The van der Waals surface area contributed by atoms with Crippen molar-refractivity contribution in [3.63, 3.8) is 0 Å². The first-order valence-corrected chi connectivity index (χ1v) is 12.3. The van der Waals surface area contributed by atoms with E-state index in [1.807, 2.05) is 38.1 Å². The van der Waals surface area contributed by atoms with E-state index in [1.165, 1.54) is 11.3 Å². The molecule has 0 unspecified atom stereocenters. The summed E-state index contributed by atoms with van der Waals surface area (Å²) in [7, 11) is 0. The summed E-state index contributed by atoms with van der Waals surface area (Å²) in [4.78, 5) is 18.6. The van der Waals surface area contributed by atoms with Crippen molar-refractivity contribution in [1.29, 1.82) is 0 Å². The lowest BCUT2D eigenvalue weighted by atomic mass is 10.0. The number of ether oxygens (including phenoxy) is 1. The number of hydrogen-bond acceptors (Lipinski definition) is 5. The first-order chi connectivity index (χ1) is 16.4. The molecule has 1 aromatic carbocycles. The van der Waals surface area contributed by atoms with Crippen LogP contribution in [0.2, 0.25) is 4.47 Å². The molecule has 1 fully saturated rings. The van der Waals surface area contributed by atoms with Crippen LogP contribution in [0.4, 0.5) is 0 Å². The number of aromatic nitrogens is 3. The second-order valence-electron chi connectivity index (χ2n) is 8.28. The summed E-state index contributed by atoms with van der Waals surface area (Å²) < 4.78 is 9.47. The van der Waals surface area contributed by atoms with Crippen LogP contribution in [0, 0.1) is 24.7 Å². The molecule has 1 aliphatic carbocycles. The lowest BCUT2D eigenvalue weighted by Crippen LogP contribution is -2.41. The fraction of sp³-hybridized carbons (Fsp3) is 0.269. The van der Waals surface area contributed by atoms with Crippen LogP contribution in [-0.2, 0) is 6.54 Å². The Kier molecular flexibility index (Phi) is 6.03. The van der Waals surface area contributed by atoms with Crippen molar-refractivity contribution < 1.29 is 14.4 Å². The molecule has 3 aromatic heterocycles. The molecule has 5 rings (SSSR count). The van der Waals surface area contributed by atoms with Crippen LogP contribution in [0.15, 0.2) is 47.5 Å². The van der Waals surface area contributed by atoms with Gasteiger partial charge in [0.2, 0.25) is 0 Å². The van der Waals surface area contributed by atoms with Crippen molar-refractivity contribution in [3.05, 3.63) is 73.6 Å². The third-order valence-electron chi connectivity index (χ3n) is 5.67. The number of fused-ring (bicyclic) bond motifs is 1. The zero-order valence-corrected chi connectivity index (χ0v) is 20.4. The van der Waals surface area contributed by atoms with Crippen LogP contribution in [-0.4, -0.2) is 21.1 Å².